The number of anilines is 1. The Morgan fingerprint density at radius 2 is 1.82 bits per heavy atom. The third-order valence-electron chi connectivity index (χ3n) is 6.84. The summed E-state index contributed by atoms with van der Waals surface area (Å²) in [7, 11) is 0. The fraction of sp³-hybridized carbons (Fsp3) is 0.360. The van der Waals surface area contributed by atoms with Crippen LogP contribution in [0.2, 0.25) is 0 Å². The van der Waals surface area contributed by atoms with Gasteiger partial charge in [-0.05, 0) is 57.1 Å². The van der Waals surface area contributed by atoms with Crippen molar-refractivity contribution < 1.29 is 0 Å². The number of rotatable bonds is 5. The minimum absolute atomic E-state index is 0.328. The van der Waals surface area contributed by atoms with Crippen LogP contribution in [0.4, 0.5) is 5.69 Å². The molecule has 0 radical (unpaired) electrons. The molecule has 2 saturated heterocycles. The maximum atomic E-state index is 9.65. The maximum Gasteiger partial charge on any atom is 0.234 e. The lowest BCUT2D eigenvalue weighted by Crippen LogP contribution is -2.29. The summed E-state index contributed by atoms with van der Waals surface area (Å²) in [5.41, 5.74) is 4.45. The molecule has 4 aromatic rings. The van der Waals surface area contributed by atoms with Crippen LogP contribution >= 0.6 is 0 Å². The lowest BCUT2D eigenvalue weighted by atomic mass is 10.1. The average Bonchev–Trinajstić information content (AvgIpc) is 3.65. The smallest absolute Gasteiger partial charge is 0.234 e. The lowest BCUT2D eigenvalue weighted by molar-refractivity contribution is 0.343. The van der Waals surface area contributed by atoms with Gasteiger partial charge in [0.15, 0.2) is 0 Å². The molecule has 172 valence electrons. The fourth-order valence-corrected chi connectivity index (χ4v) is 4.92. The summed E-state index contributed by atoms with van der Waals surface area (Å²) in [4.78, 5) is 9.31. The van der Waals surface area contributed by atoms with Crippen LogP contribution in [-0.2, 0) is 0 Å². The van der Waals surface area contributed by atoms with Gasteiger partial charge in [0, 0.05) is 53.9 Å². The van der Waals surface area contributed by atoms with Gasteiger partial charge in [-0.3, -0.25) is 9.25 Å². The van der Waals surface area contributed by atoms with Crippen LogP contribution < -0.4 is 16.0 Å². The lowest BCUT2D eigenvalue weighted by Gasteiger charge is -2.22. The molecule has 9 heteroatoms. The van der Waals surface area contributed by atoms with Crippen LogP contribution in [0.5, 0.6) is 0 Å². The molecule has 2 aliphatic rings. The summed E-state index contributed by atoms with van der Waals surface area (Å²) in [6.07, 6.45) is 12.9. The van der Waals surface area contributed by atoms with E-state index in [0.717, 1.165) is 73.2 Å². The van der Waals surface area contributed by atoms with Crippen molar-refractivity contribution in [2.45, 2.75) is 31.3 Å². The highest BCUT2D eigenvalue weighted by Gasteiger charge is 2.18. The number of nitrogens with one attached hydrogen (secondary N) is 3. The molecule has 5 heterocycles. The maximum absolute atomic E-state index is 9.65. The van der Waals surface area contributed by atoms with Crippen molar-refractivity contribution in [3.63, 3.8) is 0 Å². The van der Waals surface area contributed by atoms with Gasteiger partial charge in [-0.15, -0.1) is 0 Å². The van der Waals surface area contributed by atoms with E-state index in [-0.39, 0.29) is 0 Å². The number of aromatic nitrogens is 5. The van der Waals surface area contributed by atoms with Gasteiger partial charge in [0.25, 0.3) is 0 Å². The van der Waals surface area contributed by atoms with Crippen LogP contribution in [0.3, 0.4) is 0 Å². The molecular weight excluding hydrogens is 426 g/mol. The second kappa shape index (κ2) is 8.89. The highest BCUT2D eigenvalue weighted by atomic mass is 15.3. The number of hydrogen-bond acceptors (Lipinski definition) is 7. The molecule has 0 amide bonds. The van der Waals surface area contributed by atoms with E-state index in [4.69, 9.17) is 0 Å². The zero-order valence-corrected chi connectivity index (χ0v) is 18.9. The van der Waals surface area contributed by atoms with Crippen LogP contribution in [0.15, 0.2) is 49.2 Å². The summed E-state index contributed by atoms with van der Waals surface area (Å²) >= 11 is 0. The highest BCUT2D eigenvalue weighted by Crippen LogP contribution is 2.28. The molecule has 0 saturated carbocycles. The Morgan fingerprint density at radius 1 is 1.00 bits per heavy atom. The average molecular weight is 454 g/mol. The molecule has 3 aromatic heterocycles. The van der Waals surface area contributed by atoms with Gasteiger partial charge in [0.2, 0.25) is 5.95 Å². The van der Waals surface area contributed by atoms with Gasteiger partial charge in [-0.2, -0.15) is 10.4 Å². The van der Waals surface area contributed by atoms with Crippen molar-refractivity contribution in [1.82, 2.24) is 34.9 Å². The number of fused-ring (bicyclic) bond motifs is 1. The van der Waals surface area contributed by atoms with Gasteiger partial charge in [0.1, 0.15) is 6.07 Å². The second-order valence-corrected chi connectivity index (χ2v) is 9.05. The number of benzene rings is 1. The molecule has 34 heavy (non-hydrogen) atoms. The van der Waals surface area contributed by atoms with Crippen LogP contribution in [0, 0.1) is 11.3 Å². The largest absolute Gasteiger partial charge is 0.380 e. The van der Waals surface area contributed by atoms with E-state index in [9.17, 15) is 5.26 Å². The van der Waals surface area contributed by atoms with Gasteiger partial charge in [0.05, 0.1) is 29.0 Å². The first-order chi connectivity index (χ1) is 16.8. The van der Waals surface area contributed by atoms with E-state index in [1.54, 1.807) is 0 Å². The molecule has 0 aliphatic carbocycles. The summed E-state index contributed by atoms with van der Waals surface area (Å²) in [5.74, 6) is 0.600. The first kappa shape index (κ1) is 20.8. The van der Waals surface area contributed by atoms with E-state index in [2.05, 4.69) is 48.0 Å². The Labute approximate surface area is 197 Å². The van der Waals surface area contributed by atoms with Gasteiger partial charge >= 0.3 is 0 Å². The molecule has 2 fully saturated rings. The minimum atomic E-state index is 0.328. The zero-order valence-electron chi connectivity index (χ0n) is 18.9. The predicted octanol–water partition coefficient (Wildman–Crippen LogP) is 2.85. The van der Waals surface area contributed by atoms with Crippen molar-refractivity contribution >= 4 is 16.6 Å². The Kier molecular flexibility index (Phi) is 5.45. The molecule has 2 aliphatic heterocycles. The van der Waals surface area contributed by atoms with Crippen LogP contribution in [0.25, 0.3) is 28.0 Å². The van der Waals surface area contributed by atoms with E-state index < -0.39 is 0 Å². The first-order valence-corrected chi connectivity index (χ1v) is 11.9. The molecule has 9 nitrogen and oxygen atoms in total. The van der Waals surface area contributed by atoms with Crippen molar-refractivity contribution in [3.05, 3.63) is 54.7 Å². The van der Waals surface area contributed by atoms with E-state index in [1.807, 2.05) is 47.6 Å². The Morgan fingerprint density at radius 3 is 2.59 bits per heavy atom. The number of piperidine rings is 1. The number of nitrogens with zero attached hydrogens (tertiary/aromatic N) is 6. The van der Waals surface area contributed by atoms with Gasteiger partial charge in [-0.1, -0.05) is 0 Å². The highest BCUT2D eigenvalue weighted by molar-refractivity contribution is 5.87. The van der Waals surface area contributed by atoms with Gasteiger partial charge < -0.3 is 16.0 Å². The Bertz CT molecular complexity index is 1330. The fourth-order valence-electron chi connectivity index (χ4n) is 4.92. The zero-order chi connectivity index (χ0) is 22.9. The summed E-state index contributed by atoms with van der Waals surface area (Å²) < 4.78 is 4.04. The topological polar surface area (TPSA) is 108 Å². The molecule has 1 unspecified atom stereocenters. The first-order valence-electron chi connectivity index (χ1n) is 11.9. The normalized spacial score (nSPS) is 18.9. The molecule has 0 bridgehead atoms. The minimum Gasteiger partial charge on any atom is -0.380 e. The van der Waals surface area contributed by atoms with Crippen molar-refractivity contribution in [3.8, 4) is 23.1 Å². The molecular formula is C25H27N9. The molecule has 3 N–H and O–H groups in total. The number of hydrogen-bond donors (Lipinski definition) is 3. The number of nitriles is 1. The van der Waals surface area contributed by atoms with E-state index >= 15 is 0 Å². The van der Waals surface area contributed by atoms with Crippen molar-refractivity contribution in [1.29, 1.82) is 5.26 Å². The third kappa shape index (κ3) is 3.91. The quantitative estimate of drug-likeness (QED) is 0.426. The standard InChI is InChI=1S/C25H27N9/c26-11-18-9-17-4-8-33(24(17)10-23(18)32-21-1-5-28-15-21)25-29-12-19(13-30-25)20-14-31-34(16-20)22-2-6-27-7-3-22/h4,8-10,12-14,16,21-22,27-28,32H,1-3,5-7,15H2. The molecule has 1 atom stereocenters. The summed E-state index contributed by atoms with van der Waals surface area (Å²) in [6.45, 7) is 3.97. The SMILES string of the molecule is N#Cc1cc2ccn(-c3ncc(-c4cnn(C5CCNCC5)c4)cn3)c2cc1NC1CCNC1. The van der Waals surface area contributed by atoms with Crippen molar-refractivity contribution in [2.24, 2.45) is 0 Å². The molecule has 6 rings (SSSR count). The Hall–Kier alpha value is -3.74. The van der Waals surface area contributed by atoms with E-state index in [1.165, 1.54) is 0 Å². The molecule has 0 spiro atoms. The van der Waals surface area contributed by atoms with Crippen LogP contribution in [-0.4, -0.2) is 56.5 Å². The predicted molar refractivity (Wildman–Crippen MR) is 131 cm³/mol. The summed E-state index contributed by atoms with van der Waals surface area (Å²) in [6, 6.07) is 9.06. The molecule has 1 aromatic carbocycles. The monoisotopic (exact) mass is 453 g/mol. The van der Waals surface area contributed by atoms with Crippen molar-refractivity contribution in [2.75, 3.05) is 31.5 Å². The van der Waals surface area contributed by atoms with E-state index in [0.29, 0.717) is 23.6 Å². The van der Waals surface area contributed by atoms with Crippen LogP contribution in [0.1, 0.15) is 30.9 Å². The summed E-state index contributed by atoms with van der Waals surface area (Å²) in [5, 5.41) is 25.5. The third-order valence-corrected chi connectivity index (χ3v) is 6.84. The van der Waals surface area contributed by atoms with Gasteiger partial charge in [-0.25, -0.2) is 9.97 Å². The second-order valence-electron chi connectivity index (χ2n) is 9.05. The Balaban J connectivity index is 1.28.